The van der Waals surface area contributed by atoms with Crippen LogP contribution in [0.15, 0.2) is 76.4 Å². The highest BCUT2D eigenvalue weighted by Crippen LogP contribution is 2.34. The topological polar surface area (TPSA) is 92.5 Å². The fourth-order valence-electron chi connectivity index (χ4n) is 3.96. The molecule has 2 aromatic heterocycles. The van der Waals surface area contributed by atoms with Crippen molar-refractivity contribution in [2.24, 2.45) is 0 Å². The monoisotopic (exact) mass is 555 g/mol. The first-order valence-corrected chi connectivity index (χ1v) is 13.2. The van der Waals surface area contributed by atoms with Gasteiger partial charge in [-0.25, -0.2) is 17.4 Å². The Kier molecular flexibility index (Phi) is 6.61. The summed E-state index contributed by atoms with van der Waals surface area (Å²) >= 11 is 3.43. The van der Waals surface area contributed by atoms with Gasteiger partial charge in [0.15, 0.2) is 5.65 Å². The largest absolute Gasteiger partial charge is 0.389 e. The number of carbonyl (C=O) groups excluding carboxylic acids is 1. The zero-order chi connectivity index (χ0) is 25.5. The van der Waals surface area contributed by atoms with E-state index in [-0.39, 0.29) is 17.3 Å². The maximum atomic E-state index is 13.5. The summed E-state index contributed by atoms with van der Waals surface area (Å²) in [4.78, 5) is 18.8. The van der Waals surface area contributed by atoms with Crippen molar-refractivity contribution in [1.82, 2.24) is 13.9 Å². The highest BCUT2D eigenvalue weighted by Gasteiger charge is 2.24. The molecular weight excluding hydrogens is 530 g/mol. The number of aryl methyl sites for hydroxylation is 1. The summed E-state index contributed by atoms with van der Waals surface area (Å²) < 4.78 is 28.8. The average Bonchev–Trinajstić information content (AvgIpc) is 3.17. The lowest BCUT2D eigenvalue weighted by Crippen LogP contribution is -2.39. The van der Waals surface area contributed by atoms with Crippen molar-refractivity contribution >= 4 is 42.9 Å². The molecule has 0 aliphatic heterocycles. The van der Waals surface area contributed by atoms with E-state index in [1.165, 1.54) is 8.87 Å². The van der Waals surface area contributed by atoms with Crippen molar-refractivity contribution in [2.75, 3.05) is 13.6 Å². The predicted molar refractivity (Wildman–Crippen MR) is 140 cm³/mol. The second kappa shape index (κ2) is 9.22. The summed E-state index contributed by atoms with van der Waals surface area (Å²) in [5.74, 6) is -0.215. The molecule has 1 N–H and O–H groups in total. The van der Waals surface area contributed by atoms with Gasteiger partial charge in [-0.3, -0.25) is 4.79 Å². The summed E-state index contributed by atoms with van der Waals surface area (Å²) in [5, 5.41) is 10.7. The first kappa shape index (κ1) is 25.1. The fraction of sp³-hybridized carbons (Fsp3) is 0.231. The van der Waals surface area contributed by atoms with Crippen LogP contribution < -0.4 is 0 Å². The molecule has 0 fully saturated rings. The van der Waals surface area contributed by atoms with Crippen LogP contribution in [0.5, 0.6) is 0 Å². The van der Waals surface area contributed by atoms with Crippen LogP contribution in [0.3, 0.4) is 0 Å². The van der Waals surface area contributed by atoms with Crippen LogP contribution in [0, 0.1) is 6.92 Å². The van der Waals surface area contributed by atoms with Crippen LogP contribution in [0.2, 0.25) is 0 Å². The van der Waals surface area contributed by atoms with Gasteiger partial charge in [0, 0.05) is 47.0 Å². The molecule has 2 aromatic carbocycles. The number of amides is 1. The smallest absolute Gasteiger partial charge is 0.269 e. The zero-order valence-corrected chi connectivity index (χ0v) is 22.3. The normalized spacial score (nSPS) is 12.2. The first-order chi connectivity index (χ1) is 16.4. The number of hydrogen-bond acceptors (Lipinski definition) is 5. The minimum atomic E-state index is -3.88. The Morgan fingerprint density at radius 3 is 2.34 bits per heavy atom. The van der Waals surface area contributed by atoms with Gasteiger partial charge in [-0.15, -0.1) is 0 Å². The molecular formula is C26H26BrN3O4S. The molecule has 0 aliphatic carbocycles. The Morgan fingerprint density at radius 1 is 1.11 bits per heavy atom. The van der Waals surface area contributed by atoms with E-state index in [1.54, 1.807) is 81.8 Å². The minimum absolute atomic E-state index is 0.173. The van der Waals surface area contributed by atoms with Gasteiger partial charge in [0.1, 0.15) is 0 Å². The van der Waals surface area contributed by atoms with E-state index >= 15 is 0 Å². The Hall–Kier alpha value is -3.01. The number of likely N-dealkylation sites (N-methyl/N-ethyl adjacent to an activating group) is 1. The van der Waals surface area contributed by atoms with Gasteiger partial charge in [0.25, 0.3) is 15.9 Å². The summed E-state index contributed by atoms with van der Waals surface area (Å²) in [7, 11) is -2.24. The quantitative estimate of drug-likeness (QED) is 0.367. The number of aromatic nitrogens is 2. The highest BCUT2D eigenvalue weighted by molar-refractivity contribution is 9.10. The third-order valence-electron chi connectivity index (χ3n) is 5.57. The molecule has 7 nitrogen and oxygen atoms in total. The molecule has 4 rings (SSSR count). The molecule has 0 saturated carbocycles. The molecule has 0 unspecified atom stereocenters. The molecule has 0 atom stereocenters. The minimum Gasteiger partial charge on any atom is -0.389 e. The first-order valence-electron chi connectivity index (χ1n) is 10.9. The third kappa shape index (κ3) is 5.17. The van der Waals surface area contributed by atoms with Gasteiger partial charge in [-0.05, 0) is 72.6 Å². The number of benzene rings is 2. The lowest BCUT2D eigenvalue weighted by molar-refractivity contribution is 0.0368. The van der Waals surface area contributed by atoms with Gasteiger partial charge >= 0.3 is 0 Å². The van der Waals surface area contributed by atoms with Gasteiger partial charge in [0.2, 0.25) is 0 Å². The van der Waals surface area contributed by atoms with E-state index in [0.29, 0.717) is 22.2 Å². The number of hydrogen-bond donors (Lipinski definition) is 1. The second-order valence-corrected chi connectivity index (χ2v) is 12.0. The summed E-state index contributed by atoms with van der Waals surface area (Å²) in [6.07, 6.45) is 3.13. The van der Waals surface area contributed by atoms with Crippen LogP contribution in [0.4, 0.5) is 0 Å². The van der Waals surface area contributed by atoms with Crippen molar-refractivity contribution in [3.8, 4) is 11.1 Å². The number of pyridine rings is 1. The van der Waals surface area contributed by atoms with Crippen LogP contribution in [-0.2, 0) is 10.0 Å². The molecule has 0 spiro atoms. The van der Waals surface area contributed by atoms with Gasteiger partial charge < -0.3 is 10.0 Å². The van der Waals surface area contributed by atoms with Crippen LogP contribution in [0.25, 0.3) is 22.2 Å². The highest BCUT2D eigenvalue weighted by atomic mass is 79.9. The van der Waals surface area contributed by atoms with E-state index < -0.39 is 15.6 Å². The molecule has 1 amide bonds. The zero-order valence-electron chi connectivity index (χ0n) is 19.9. The van der Waals surface area contributed by atoms with Crippen LogP contribution >= 0.6 is 15.9 Å². The second-order valence-electron chi connectivity index (χ2n) is 9.23. The van der Waals surface area contributed by atoms with E-state index in [1.807, 2.05) is 13.0 Å². The summed E-state index contributed by atoms with van der Waals surface area (Å²) in [6, 6.07) is 15.5. The molecule has 0 aliphatic rings. The number of aliphatic hydroxyl groups is 1. The van der Waals surface area contributed by atoms with Crippen molar-refractivity contribution < 1.29 is 18.3 Å². The molecule has 0 bridgehead atoms. The SMILES string of the molecule is Cc1ccc(S(=O)(=O)n2cc(-c3ccc(C(=O)N(C)CC(C)(C)O)cc3)c3cc(Br)cnc32)cc1. The number of halogens is 1. The van der Waals surface area contributed by atoms with Crippen molar-refractivity contribution in [3.05, 3.63) is 82.6 Å². The summed E-state index contributed by atoms with van der Waals surface area (Å²) in [6.45, 7) is 5.38. The molecule has 2 heterocycles. The third-order valence-corrected chi connectivity index (χ3v) is 7.67. The Morgan fingerprint density at radius 2 is 1.74 bits per heavy atom. The van der Waals surface area contributed by atoms with E-state index in [2.05, 4.69) is 20.9 Å². The average molecular weight is 556 g/mol. The van der Waals surface area contributed by atoms with Crippen molar-refractivity contribution in [1.29, 1.82) is 0 Å². The Bertz CT molecular complexity index is 1500. The van der Waals surface area contributed by atoms with Crippen LogP contribution in [0.1, 0.15) is 29.8 Å². The van der Waals surface area contributed by atoms with E-state index in [4.69, 9.17) is 0 Å². The molecule has 35 heavy (non-hydrogen) atoms. The molecule has 0 radical (unpaired) electrons. The number of carbonyl (C=O) groups is 1. The van der Waals surface area contributed by atoms with Gasteiger partial charge in [-0.2, -0.15) is 0 Å². The summed E-state index contributed by atoms with van der Waals surface area (Å²) in [5.41, 5.74) is 2.16. The maximum Gasteiger partial charge on any atom is 0.269 e. The van der Waals surface area contributed by atoms with Crippen molar-refractivity contribution in [3.63, 3.8) is 0 Å². The Balaban J connectivity index is 1.77. The van der Waals surface area contributed by atoms with Gasteiger partial charge in [0.05, 0.1) is 10.5 Å². The van der Waals surface area contributed by atoms with Crippen molar-refractivity contribution in [2.45, 2.75) is 31.3 Å². The standard InChI is InChI=1S/C26H26BrN3O4S/c1-17-5-11-21(12-6-17)35(33,34)30-15-23(22-13-20(27)14-28-24(22)30)18-7-9-19(10-8-18)25(31)29(4)16-26(2,3)32/h5-15,32H,16H2,1-4H3. The fourth-order valence-corrected chi connectivity index (χ4v) is 5.61. The lowest BCUT2D eigenvalue weighted by atomic mass is 10.0. The number of fused-ring (bicyclic) bond motifs is 1. The molecule has 4 aromatic rings. The van der Waals surface area contributed by atoms with Crippen LogP contribution in [-0.4, -0.2) is 52.5 Å². The van der Waals surface area contributed by atoms with E-state index in [9.17, 15) is 18.3 Å². The van der Waals surface area contributed by atoms with Gasteiger partial charge in [-0.1, -0.05) is 29.8 Å². The molecule has 9 heteroatoms. The molecule has 0 saturated heterocycles. The Labute approximate surface area is 213 Å². The maximum absolute atomic E-state index is 13.5. The van der Waals surface area contributed by atoms with E-state index in [0.717, 1.165) is 15.6 Å². The predicted octanol–water partition coefficient (Wildman–Crippen LogP) is 4.85. The number of nitrogens with zero attached hydrogens (tertiary/aromatic N) is 3. The lowest BCUT2D eigenvalue weighted by Gasteiger charge is -2.25. The molecule has 182 valence electrons. The number of rotatable bonds is 6.